The van der Waals surface area contributed by atoms with Crippen molar-refractivity contribution in [3.8, 4) is 12.0 Å². The van der Waals surface area contributed by atoms with Gasteiger partial charge < -0.3 is 51.8 Å². The Morgan fingerprint density at radius 3 is 1.41 bits per heavy atom. The predicted octanol–water partition coefficient (Wildman–Crippen LogP) is 7.59. The smallest absolute Gasteiger partial charge is 0.412 e. The number of anilines is 1. The van der Waals surface area contributed by atoms with Gasteiger partial charge in [-0.25, -0.2) is 14.4 Å². The van der Waals surface area contributed by atoms with Crippen molar-refractivity contribution in [3.63, 3.8) is 0 Å². The summed E-state index contributed by atoms with van der Waals surface area (Å²) in [5.41, 5.74) is -4.32. The Morgan fingerprint density at radius 2 is 0.979 bits per heavy atom. The van der Waals surface area contributed by atoms with Crippen molar-refractivity contribution in [3.05, 3.63) is 105 Å². The third kappa shape index (κ3) is 14.4. The first kappa shape index (κ1) is 72.7. The highest BCUT2D eigenvalue weighted by atomic mass is 79.9. The number of rotatable bonds is 19. The van der Waals surface area contributed by atoms with Crippen LogP contribution >= 0.6 is 63.7 Å². The van der Waals surface area contributed by atoms with E-state index in [0.29, 0.717) is 22.3 Å². The number of hydrogen-bond acceptors (Lipinski definition) is 23. The fourth-order valence-electron chi connectivity index (χ4n) is 11.8. The molecule has 8 heterocycles. The van der Waals surface area contributed by atoms with E-state index in [1.165, 1.54) is 38.1 Å². The molecular formula is C64H68Br4N4O22. The van der Waals surface area contributed by atoms with Crippen LogP contribution in [0.1, 0.15) is 80.4 Å². The summed E-state index contributed by atoms with van der Waals surface area (Å²) in [5.74, 6) is -8.35. The molecule has 4 aromatic rings. The molecule has 2 aromatic heterocycles. The lowest BCUT2D eigenvalue weighted by atomic mass is 9.70. The summed E-state index contributed by atoms with van der Waals surface area (Å²) in [6, 6.07) is 12.5. The number of hydrogen-bond donors (Lipinski definition) is 2. The second kappa shape index (κ2) is 26.8. The van der Waals surface area contributed by atoms with E-state index in [9.17, 15) is 57.8 Å². The third-order valence-electron chi connectivity index (χ3n) is 16.6. The van der Waals surface area contributed by atoms with Gasteiger partial charge in [0.05, 0.1) is 42.9 Å². The number of halogens is 4. The molecule has 0 aliphatic carbocycles. The summed E-state index contributed by atoms with van der Waals surface area (Å²) in [6.07, 6.45) is 4.74. The SMILES string of the molecule is CC(O)[C@@]12C=C[C@@](COC(=O)C(C)(C)Br)(O1)[C@@H]1C(=O)N(CCOC(=O)C(C)(C)Br)C(=O)[C@@H]12.Cc1cc(=O)oc2cc(NC(=O)OC(C)[C@@]34C=C[C@@](COC(=O)C(C)(C)Br)(O3)[C@@H]3C(=O)N(CCOC(=O)C(C)(C)Br)C(=O)[C@@H]34)ccc12.Cc1cc(=O)oc2cc(OC#N)ccc12. The van der Waals surface area contributed by atoms with Crippen LogP contribution in [0.3, 0.4) is 0 Å². The molecule has 0 radical (unpaired) electrons. The number of aliphatic hydroxyl groups is 1. The molecular weight excluding hydrogens is 1500 g/mol. The number of benzene rings is 2. The number of carbonyl (C=O) groups is 9. The van der Waals surface area contributed by atoms with Crippen LogP contribution in [-0.2, 0) is 71.5 Å². The van der Waals surface area contributed by atoms with E-state index in [-0.39, 0.29) is 50.8 Å². The van der Waals surface area contributed by atoms with Crippen LogP contribution < -0.4 is 21.3 Å². The molecule has 30 heteroatoms. The van der Waals surface area contributed by atoms with Gasteiger partial charge in [0.2, 0.25) is 23.6 Å². The topological polar surface area (TPSA) is 350 Å². The minimum absolute atomic E-state index is 0.125. The number of esters is 4. The molecule has 0 spiro atoms. The molecule has 6 aliphatic heterocycles. The van der Waals surface area contributed by atoms with Gasteiger partial charge >= 0.3 is 41.2 Å². The van der Waals surface area contributed by atoms with Gasteiger partial charge in [-0.3, -0.25) is 53.5 Å². The van der Waals surface area contributed by atoms with E-state index in [1.807, 2.05) is 6.92 Å². The van der Waals surface area contributed by atoms with E-state index in [2.05, 4.69) is 73.8 Å². The lowest BCUT2D eigenvalue weighted by molar-refractivity contribution is -0.168. The molecule has 0 saturated carbocycles. The summed E-state index contributed by atoms with van der Waals surface area (Å²) >= 11 is 12.9. The van der Waals surface area contributed by atoms with Crippen LogP contribution in [0, 0.1) is 49.0 Å². The fourth-order valence-corrected chi connectivity index (χ4v) is 12.3. The van der Waals surface area contributed by atoms with Gasteiger partial charge in [0.15, 0.2) is 0 Å². The van der Waals surface area contributed by atoms with Crippen LogP contribution in [0.2, 0.25) is 0 Å². The number of carbonyl (C=O) groups excluding carboxylic acids is 9. The number of likely N-dealkylation sites (tertiary alicyclic amines) is 2. The zero-order valence-electron chi connectivity index (χ0n) is 53.0. The van der Waals surface area contributed by atoms with E-state index in [0.717, 1.165) is 20.7 Å². The number of ether oxygens (including phenoxy) is 8. The molecule has 2 unspecified atom stereocenters. The van der Waals surface area contributed by atoms with Crippen LogP contribution in [0.25, 0.3) is 21.9 Å². The Bertz CT molecular complexity index is 4000. The van der Waals surface area contributed by atoms with Crippen LogP contribution in [0.5, 0.6) is 5.75 Å². The van der Waals surface area contributed by atoms with Gasteiger partial charge in [-0.1, -0.05) is 69.8 Å². The van der Waals surface area contributed by atoms with E-state index in [1.54, 1.807) is 117 Å². The van der Waals surface area contributed by atoms with Crippen molar-refractivity contribution < 1.29 is 95.0 Å². The van der Waals surface area contributed by atoms with E-state index in [4.69, 9.17) is 47.3 Å². The Kier molecular flexibility index (Phi) is 20.7. The number of aliphatic hydroxyl groups excluding tert-OH is 1. The molecule has 504 valence electrons. The van der Waals surface area contributed by atoms with Crippen LogP contribution in [0.4, 0.5) is 10.5 Å². The Balaban J connectivity index is 0.000000206. The van der Waals surface area contributed by atoms with Gasteiger partial charge in [-0.2, -0.15) is 0 Å². The van der Waals surface area contributed by atoms with Crippen LogP contribution in [-0.4, -0.2) is 160 Å². The van der Waals surface area contributed by atoms with Crippen molar-refractivity contribution in [2.75, 3.05) is 44.8 Å². The van der Waals surface area contributed by atoms with Gasteiger partial charge in [0.25, 0.3) is 6.26 Å². The normalized spacial score (nSPS) is 25.4. The number of aryl methyl sites for hydroxylation is 2. The first-order chi connectivity index (χ1) is 43.6. The largest absolute Gasteiger partial charge is 0.463 e. The second-order valence-electron chi connectivity index (χ2n) is 25.3. The first-order valence-electron chi connectivity index (χ1n) is 29.3. The lowest BCUT2D eigenvalue weighted by Crippen LogP contribution is -2.50. The molecule has 94 heavy (non-hydrogen) atoms. The van der Waals surface area contributed by atoms with Crippen molar-refractivity contribution in [2.24, 2.45) is 23.7 Å². The number of amides is 5. The van der Waals surface area contributed by atoms with E-state index >= 15 is 0 Å². The summed E-state index contributed by atoms with van der Waals surface area (Å²) in [4.78, 5) is 141. The summed E-state index contributed by atoms with van der Waals surface area (Å²) in [7, 11) is 0. The Labute approximate surface area is 571 Å². The number of nitrogens with zero attached hydrogens (tertiary/aromatic N) is 3. The average Bonchev–Trinajstić information content (AvgIpc) is 1.52. The van der Waals surface area contributed by atoms with Crippen molar-refractivity contribution in [1.82, 2.24) is 9.80 Å². The van der Waals surface area contributed by atoms with Gasteiger partial charge in [0, 0.05) is 40.7 Å². The molecule has 2 N–H and O–H groups in total. The number of fused-ring (bicyclic) bond motifs is 12. The number of imide groups is 2. The second-order valence-corrected chi connectivity index (χ2v) is 33.2. The molecule has 6 aliphatic rings. The van der Waals surface area contributed by atoms with Gasteiger partial charge in [-0.05, 0) is 137 Å². The maximum absolute atomic E-state index is 13.9. The molecule has 4 bridgehead atoms. The quantitative estimate of drug-likeness (QED) is 0.0173. The molecule has 5 amide bonds. The van der Waals surface area contributed by atoms with Crippen molar-refractivity contribution >= 4 is 145 Å². The zero-order chi connectivity index (χ0) is 69.8. The van der Waals surface area contributed by atoms with Gasteiger partial charge in [-0.15, -0.1) is 5.26 Å². The highest BCUT2D eigenvalue weighted by Gasteiger charge is 2.77. The highest BCUT2D eigenvalue weighted by Crippen LogP contribution is 2.60. The van der Waals surface area contributed by atoms with Crippen LogP contribution in [0.15, 0.2) is 91.3 Å². The predicted molar refractivity (Wildman–Crippen MR) is 347 cm³/mol. The monoisotopic (exact) mass is 1560 g/mol. The van der Waals surface area contributed by atoms with Crippen molar-refractivity contribution in [2.45, 2.75) is 135 Å². The summed E-state index contributed by atoms with van der Waals surface area (Å²) < 4.78 is 50.7. The third-order valence-corrected chi connectivity index (χ3v) is 17.9. The Hall–Kier alpha value is -7.14. The summed E-state index contributed by atoms with van der Waals surface area (Å²) in [5, 5.41) is 22.9. The maximum atomic E-state index is 13.9. The average molecular weight is 1560 g/mol. The Morgan fingerprint density at radius 1 is 0.585 bits per heavy atom. The van der Waals surface area contributed by atoms with Crippen molar-refractivity contribution in [1.29, 1.82) is 5.26 Å². The van der Waals surface area contributed by atoms with E-state index < -0.39 is 140 Å². The molecule has 10 rings (SSSR count). The fraction of sp³-hybridized carbons (Fsp3) is 0.500. The summed E-state index contributed by atoms with van der Waals surface area (Å²) in [6.45, 7) is 18.1. The molecule has 4 saturated heterocycles. The number of nitrogens with one attached hydrogen (secondary N) is 1. The number of nitriles is 1. The molecule has 2 aromatic carbocycles. The number of alkyl halides is 4. The molecule has 4 fully saturated rings. The minimum Gasteiger partial charge on any atom is -0.463 e. The lowest BCUT2D eigenvalue weighted by Gasteiger charge is -2.34. The maximum Gasteiger partial charge on any atom is 0.412 e. The highest BCUT2D eigenvalue weighted by molar-refractivity contribution is 9.10. The first-order valence-corrected chi connectivity index (χ1v) is 32.5. The minimum atomic E-state index is -1.60. The molecule has 10 atom stereocenters. The van der Waals surface area contributed by atoms with Gasteiger partial charge in [0.1, 0.15) is 89.1 Å². The standard InChI is InChI=1S/C32H34Br2N2O11.C21H27Br2NO8.C11H7NO3/c1-16-13-21(37)46-20-14-18(7-8-19(16)20)35-28(42)45-17(2)32-10-9-31(47-32,15-44-27(41)30(5,6)34)22-23(32)25(39)36(24(22)38)11-12-43-26(40)29(3,4)33;1-11(25)21-7-6-20(32-21,10-31-17(29)19(4,5)23)12-13(21)15(27)24(14(12)26)8-9-30-16(28)18(2,3)22;1-7-4-11(13)15-10-5-8(14-6-12)2-3-9(7)10/h7-10,13-14,17,22-23H,11-12,15H2,1-6H3,(H,35,42);6-7,11-13,25H,8-10H2,1-5H3;2-5H,1H3/t17?,22-,23+,31-,32+;11?,12-,13+,20-,21+;/m00./s1. The molecule has 26 nitrogen and oxygen atoms in total. The zero-order valence-corrected chi connectivity index (χ0v) is 59.4.